The molecule has 1 atom stereocenters. The number of nitrogen functional groups attached to an aromatic ring is 1. The van der Waals surface area contributed by atoms with E-state index in [0.29, 0.717) is 6.04 Å². The largest absolute Gasteiger partial charge is 0.398 e. The van der Waals surface area contributed by atoms with Gasteiger partial charge in [0.1, 0.15) is 0 Å². The summed E-state index contributed by atoms with van der Waals surface area (Å²) < 4.78 is 0. The predicted octanol–water partition coefficient (Wildman–Crippen LogP) is 2.52. The van der Waals surface area contributed by atoms with Crippen LogP contribution in [0.2, 0.25) is 0 Å². The smallest absolute Gasteiger partial charge is 0.0416 e. The van der Waals surface area contributed by atoms with Crippen LogP contribution in [0.3, 0.4) is 0 Å². The van der Waals surface area contributed by atoms with Crippen LogP contribution in [-0.4, -0.2) is 24.6 Å². The Kier molecular flexibility index (Phi) is 3.10. The minimum absolute atomic E-state index is 0.676. The molecule has 1 saturated heterocycles. The van der Waals surface area contributed by atoms with E-state index in [4.69, 9.17) is 5.73 Å². The highest BCUT2D eigenvalue weighted by molar-refractivity contribution is 7.99. The third-order valence-corrected chi connectivity index (χ3v) is 4.33. The molecule has 82 valence electrons. The third-order valence-electron chi connectivity index (χ3n) is 3.18. The quantitative estimate of drug-likeness (QED) is 0.780. The van der Waals surface area contributed by atoms with Gasteiger partial charge in [-0.3, -0.25) is 0 Å². The molecule has 0 saturated carbocycles. The Hall–Kier alpha value is -0.830. The van der Waals surface area contributed by atoms with Gasteiger partial charge in [-0.2, -0.15) is 11.8 Å². The van der Waals surface area contributed by atoms with E-state index >= 15 is 0 Å². The minimum Gasteiger partial charge on any atom is -0.398 e. The van der Waals surface area contributed by atoms with E-state index in [0.717, 1.165) is 5.69 Å². The number of hydrogen-bond donors (Lipinski definition) is 1. The lowest BCUT2D eigenvalue weighted by Gasteiger charge is -2.28. The first-order valence-corrected chi connectivity index (χ1v) is 6.51. The lowest BCUT2D eigenvalue weighted by molar-refractivity contribution is 0.698. The maximum atomic E-state index is 5.93. The van der Waals surface area contributed by atoms with Crippen molar-refractivity contribution < 1.29 is 0 Å². The molecular formula is C12H18N2S. The van der Waals surface area contributed by atoms with Crippen molar-refractivity contribution in [2.24, 2.45) is 0 Å². The predicted molar refractivity (Wildman–Crippen MR) is 69.7 cm³/mol. The van der Waals surface area contributed by atoms with Gasteiger partial charge in [-0.1, -0.05) is 6.07 Å². The molecule has 1 aromatic carbocycles. The van der Waals surface area contributed by atoms with Gasteiger partial charge in [-0.05, 0) is 36.8 Å². The van der Waals surface area contributed by atoms with Crippen molar-refractivity contribution in [2.45, 2.75) is 19.4 Å². The number of rotatable bonds is 2. The Morgan fingerprint density at radius 1 is 1.47 bits per heavy atom. The first-order valence-electron chi connectivity index (χ1n) is 5.36. The van der Waals surface area contributed by atoms with E-state index in [1.54, 1.807) is 0 Å². The number of thioether (sulfide) groups is 1. The molecule has 2 N–H and O–H groups in total. The maximum Gasteiger partial charge on any atom is 0.0416 e. The molecule has 0 bridgehead atoms. The molecule has 3 heteroatoms. The monoisotopic (exact) mass is 222 g/mol. The van der Waals surface area contributed by atoms with Crippen LogP contribution >= 0.6 is 11.8 Å². The molecule has 0 aliphatic carbocycles. The van der Waals surface area contributed by atoms with Crippen molar-refractivity contribution in [2.75, 3.05) is 29.2 Å². The van der Waals surface area contributed by atoms with Crippen molar-refractivity contribution >= 4 is 23.1 Å². The van der Waals surface area contributed by atoms with E-state index in [1.165, 1.54) is 29.2 Å². The second-order valence-corrected chi connectivity index (χ2v) is 5.27. The minimum atomic E-state index is 0.676. The Bertz CT molecular complexity index is 345. The topological polar surface area (TPSA) is 29.3 Å². The number of benzene rings is 1. The van der Waals surface area contributed by atoms with Crippen molar-refractivity contribution in [1.29, 1.82) is 0 Å². The highest BCUT2D eigenvalue weighted by Gasteiger charge is 2.21. The Morgan fingerprint density at radius 2 is 2.27 bits per heavy atom. The zero-order valence-electron chi connectivity index (χ0n) is 9.36. The van der Waals surface area contributed by atoms with Gasteiger partial charge < -0.3 is 10.6 Å². The summed E-state index contributed by atoms with van der Waals surface area (Å²) in [5, 5.41) is 0. The van der Waals surface area contributed by atoms with Crippen molar-refractivity contribution in [3.8, 4) is 0 Å². The van der Waals surface area contributed by atoms with Gasteiger partial charge in [-0.15, -0.1) is 0 Å². The van der Waals surface area contributed by atoms with Crippen LogP contribution in [0.15, 0.2) is 18.2 Å². The van der Waals surface area contributed by atoms with Gasteiger partial charge in [0.25, 0.3) is 0 Å². The summed E-state index contributed by atoms with van der Waals surface area (Å²) in [6, 6.07) is 6.84. The summed E-state index contributed by atoms with van der Waals surface area (Å²) in [4.78, 5) is 2.38. The van der Waals surface area contributed by atoms with Crippen molar-refractivity contribution in [3.05, 3.63) is 23.8 Å². The molecule has 15 heavy (non-hydrogen) atoms. The lowest BCUT2D eigenvalue weighted by Crippen LogP contribution is -2.31. The van der Waals surface area contributed by atoms with Gasteiger partial charge in [-0.25, -0.2) is 0 Å². The van der Waals surface area contributed by atoms with E-state index in [-0.39, 0.29) is 0 Å². The normalized spacial score (nSPS) is 20.5. The van der Waals surface area contributed by atoms with Crippen molar-refractivity contribution in [3.63, 3.8) is 0 Å². The molecular weight excluding hydrogens is 204 g/mol. The number of nitrogens with zero attached hydrogens (tertiary/aromatic N) is 1. The summed E-state index contributed by atoms with van der Waals surface area (Å²) in [5.41, 5.74) is 9.30. The summed E-state index contributed by atoms with van der Waals surface area (Å²) in [6.07, 6.45) is 1.29. The standard InChI is InChI=1S/C12H18N2S/c1-9-11(13)4-3-5-12(9)14(2)10-6-7-15-8-10/h3-5,10H,6-8,13H2,1-2H3. The van der Waals surface area contributed by atoms with E-state index in [9.17, 15) is 0 Å². The molecule has 1 aliphatic heterocycles. The molecule has 1 heterocycles. The fourth-order valence-corrected chi connectivity index (χ4v) is 3.31. The van der Waals surface area contributed by atoms with Crippen LogP contribution < -0.4 is 10.6 Å². The van der Waals surface area contributed by atoms with Gasteiger partial charge in [0, 0.05) is 30.2 Å². The molecule has 2 rings (SSSR count). The maximum absolute atomic E-state index is 5.93. The van der Waals surface area contributed by atoms with Gasteiger partial charge >= 0.3 is 0 Å². The fourth-order valence-electron chi connectivity index (χ4n) is 2.05. The van der Waals surface area contributed by atoms with E-state index in [1.807, 2.05) is 23.9 Å². The SMILES string of the molecule is Cc1c(N)cccc1N(C)C1CCSC1. The van der Waals surface area contributed by atoms with Gasteiger partial charge in [0.2, 0.25) is 0 Å². The number of hydrogen-bond acceptors (Lipinski definition) is 3. The van der Waals surface area contributed by atoms with Gasteiger partial charge in [0.05, 0.1) is 0 Å². The molecule has 1 aliphatic rings. The Balaban J connectivity index is 2.24. The van der Waals surface area contributed by atoms with Crippen molar-refractivity contribution in [1.82, 2.24) is 0 Å². The van der Waals surface area contributed by atoms with E-state index in [2.05, 4.69) is 24.9 Å². The van der Waals surface area contributed by atoms with Crippen LogP contribution in [-0.2, 0) is 0 Å². The van der Waals surface area contributed by atoms with Crippen LogP contribution in [0.4, 0.5) is 11.4 Å². The zero-order valence-corrected chi connectivity index (χ0v) is 10.2. The average molecular weight is 222 g/mol. The third kappa shape index (κ3) is 2.07. The summed E-state index contributed by atoms with van der Waals surface area (Å²) in [7, 11) is 2.18. The summed E-state index contributed by atoms with van der Waals surface area (Å²) in [5.74, 6) is 2.53. The molecule has 0 spiro atoms. The second-order valence-electron chi connectivity index (χ2n) is 4.12. The molecule has 1 aromatic rings. The fraction of sp³-hybridized carbons (Fsp3) is 0.500. The van der Waals surface area contributed by atoms with E-state index < -0.39 is 0 Å². The van der Waals surface area contributed by atoms with Gasteiger partial charge in [0.15, 0.2) is 0 Å². The molecule has 0 radical (unpaired) electrons. The lowest BCUT2D eigenvalue weighted by atomic mass is 10.1. The second kappa shape index (κ2) is 4.35. The average Bonchev–Trinajstić information content (AvgIpc) is 2.74. The molecule has 0 amide bonds. The summed E-state index contributed by atoms with van der Waals surface area (Å²) >= 11 is 2.04. The molecule has 2 nitrogen and oxygen atoms in total. The zero-order chi connectivity index (χ0) is 10.8. The van der Waals surface area contributed by atoms with Crippen LogP contribution in [0.5, 0.6) is 0 Å². The molecule has 0 aromatic heterocycles. The summed E-state index contributed by atoms with van der Waals surface area (Å²) in [6.45, 7) is 2.10. The Labute approximate surface area is 95.8 Å². The van der Waals surface area contributed by atoms with Crippen LogP contribution in [0.1, 0.15) is 12.0 Å². The molecule has 1 unspecified atom stereocenters. The van der Waals surface area contributed by atoms with Crippen LogP contribution in [0, 0.1) is 6.92 Å². The molecule has 1 fully saturated rings. The first-order chi connectivity index (χ1) is 7.20. The highest BCUT2D eigenvalue weighted by Crippen LogP contribution is 2.29. The number of nitrogens with two attached hydrogens (primary N) is 1. The Morgan fingerprint density at radius 3 is 2.93 bits per heavy atom. The number of anilines is 2. The van der Waals surface area contributed by atoms with Crippen LogP contribution in [0.25, 0.3) is 0 Å². The first kappa shape index (κ1) is 10.7. The highest BCUT2D eigenvalue weighted by atomic mass is 32.2.